The number of hydrogen-bond donors (Lipinski definition) is 2. The fourth-order valence-electron chi connectivity index (χ4n) is 3.12. The number of nitro groups is 1. The fourth-order valence-corrected chi connectivity index (χ4v) is 3.12. The van der Waals surface area contributed by atoms with Crippen molar-refractivity contribution >= 4 is 29.7 Å². The van der Waals surface area contributed by atoms with Crippen molar-refractivity contribution in [2.24, 2.45) is 7.05 Å². The van der Waals surface area contributed by atoms with Crippen LogP contribution in [0.25, 0.3) is 0 Å². The lowest BCUT2D eigenvalue weighted by atomic mass is 10.1. The number of nitrogens with one attached hydrogen (secondary N) is 2. The molecule has 0 aliphatic carbocycles. The van der Waals surface area contributed by atoms with E-state index in [0.717, 1.165) is 24.5 Å². The van der Waals surface area contributed by atoms with Gasteiger partial charge in [0, 0.05) is 51.2 Å². The largest absolute Gasteiger partial charge is 0.337 e. The number of halogens is 1. The van der Waals surface area contributed by atoms with Crippen molar-refractivity contribution < 1.29 is 9.72 Å². The number of non-ortho nitro benzene ring substituents is 1. The molecule has 1 aliphatic heterocycles. The number of benzene rings is 1. The van der Waals surface area contributed by atoms with Crippen LogP contribution in [-0.2, 0) is 11.8 Å². The molecule has 0 radical (unpaired) electrons. The zero-order valence-electron chi connectivity index (χ0n) is 15.2. The molecule has 2 N–H and O–H groups in total. The fraction of sp³-hybridized carbons (Fsp3) is 0.412. The van der Waals surface area contributed by atoms with Crippen LogP contribution < -0.4 is 10.6 Å². The third kappa shape index (κ3) is 4.82. The maximum Gasteiger partial charge on any atom is 0.271 e. The summed E-state index contributed by atoms with van der Waals surface area (Å²) in [5.41, 5.74) is 1.21. The van der Waals surface area contributed by atoms with Gasteiger partial charge < -0.3 is 15.2 Å². The number of carbonyl (C=O) groups excluding carboxylic acids is 1. The molecule has 0 saturated carbocycles. The summed E-state index contributed by atoms with van der Waals surface area (Å²) >= 11 is 0. The van der Waals surface area contributed by atoms with E-state index < -0.39 is 4.92 Å². The minimum absolute atomic E-state index is 0. The topological polar surface area (TPSA) is 105 Å². The third-order valence-corrected chi connectivity index (χ3v) is 4.56. The number of nitrogens with zero attached hydrogens (tertiary/aromatic N) is 4. The van der Waals surface area contributed by atoms with E-state index in [-0.39, 0.29) is 36.6 Å². The Hall–Kier alpha value is -2.49. The van der Waals surface area contributed by atoms with E-state index in [9.17, 15) is 14.9 Å². The van der Waals surface area contributed by atoms with Gasteiger partial charge in [0.2, 0.25) is 5.91 Å². The summed E-state index contributed by atoms with van der Waals surface area (Å²) in [5, 5.41) is 17.1. The molecule has 1 aliphatic rings. The molecule has 2 heterocycles. The van der Waals surface area contributed by atoms with E-state index in [2.05, 4.69) is 20.5 Å². The Morgan fingerprint density at radius 2 is 2.26 bits per heavy atom. The Morgan fingerprint density at radius 1 is 1.48 bits per heavy atom. The molecular weight excluding hydrogens is 372 g/mol. The molecule has 9 nitrogen and oxygen atoms in total. The van der Waals surface area contributed by atoms with Gasteiger partial charge in [-0.25, -0.2) is 4.98 Å². The summed E-state index contributed by atoms with van der Waals surface area (Å²) < 4.78 is 1.95. The van der Waals surface area contributed by atoms with Crippen LogP contribution in [0.2, 0.25) is 0 Å². The molecule has 0 spiro atoms. The Labute approximate surface area is 163 Å². The predicted octanol–water partition coefficient (Wildman–Crippen LogP) is 1.64. The molecule has 27 heavy (non-hydrogen) atoms. The lowest BCUT2D eigenvalue weighted by molar-refractivity contribution is -0.384. The summed E-state index contributed by atoms with van der Waals surface area (Å²) in [6.45, 7) is 4.24. The number of piperazine rings is 1. The van der Waals surface area contributed by atoms with Gasteiger partial charge in [-0.15, -0.1) is 12.4 Å². The second-order valence-corrected chi connectivity index (χ2v) is 6.39. The van der Waals surface area contributed by atoms with Crippen LogP contribution in [0, 0.1) is 17.0 Å². The lowest BCUT2D eigenvalue weighted by Gasteiger charge is -2.35. The van der Waals surface area contributed by atoms with Gasteiger partial charge in [-0.05, 0) is 12.5 Å². The van der Waals surface area contributed by atoms with E-state index in [0.29, 0.717) is 12.2 Å². The van der Waals surface area contributed by atoms with Crippen LogP contribution in [0.15, 0.2) is 30.6 Å². The average molecular weight is 395 g/mol. The first kappa shape index (κ1) is 20.8. The molecule has 146 valence electrons. The van der Waals surface area contributed by atoms with Crippen LogP contribution in [-0.4, -0.2) is 51.5 Å². The molecule has 10 heteroatoms. The van der Waals surface area contributed by atoms with Gasteiger partial charge in [-0.2, -0.15) is 0 Å². The molecule has 1 unspecified atom stereocenters. The van der Waals surface area contributed by atoms with Crippen molar-refractivity contribution in [2.75, 3.05) is 31.5 Å². The molecule has 0 bridgehead atoms. The molecule has 1 aromatic heterocycles. The maximum absolute atomic E-state index is 12.5. The first-order valence-corrected chi connectivity index (χ1v) is 8.42. The number of hydrogen-bond acceptors (Lipinski definition) is 6. The lowest BCUT2D eigenvalue weighted by Crippen LogP contribution is -2.49. The third-order valence-electron chi connectivity index (χ3n) is 4.56. The van der Waals surface area contributed by atoms with Gasteiger partial charge in [0.15, 0.2) is 0 Å². The Kier molecular flexibility index (Phi) is 6.89. The number of amides is 1. The molecule has 1 saturated heterocycles. The highest BCUT2D eigenvalue weighted by Gasteiger charge is 2.28. The first-order chi connectivity index (χ1) is 12.5. The van der Waals surface area contributed by atoms with Crippen molar-refractivity contribution in [1.82, 2.24) is 19.8 Å². The van der Waals surface area contributed by atoms with Crippen molar-refractivity contribution in [3.8, 4) is 0 Å². The number of carbonyl (C=O) groups is 1. The van der Waals surface area contributed by atoms with Crippen molar-refractivity contribution in [2.45, 2.75) is 13.0 Å². The Bertz CT molecular complexity index is 825. The molecule has 1 atom stereocenters. The molecule has 3 rings (SSSR count). The van der Waals surface area contributed by atoms with E-state index in [1.807, 2.05) is 17.8 Å². The molecular formula is C17H23ClN6O3. The van der Waals surface area contributed by atoms with Crippen LogP contribution in [0.4, 0.5) is 11.4 Å². The number of aromatic nitrogens is 2. The highest BCUT2D eigenvalue weighted by molar-refractivity contribution is 5.93. The molecule has 2 aromatic rings. The standard InChI is InChI=1S/C17H22N6O3.ClH/c1-12-3-4-13(23(25)26)9-14(12)20-16(24)11-22-8-5-18-10-15(22)17-19-6-7-21(17)2;/h3-4,6-7,9,15,18H,5,8,10-11H2,1-2H3,(H,20,24);1H. The minimum atomic E-state index is -0.470. The second-order valence-electron chi connectivity index (χ2n) is 6.39. The first-order valence-electron chi connectivity index (χ1n) is 8.42. The maximum atomic E-state index is 12.5. The number of anilines is 1. The summed E-state index contributed by atoms with van der Waals surface area (Å²) in [6, 6.07) is 4.45. The molecule has 1 aromatic carbocycles. The van der Waals surface area contributed by atoms with Crippen molar-refractivity contribution in [3.63, 3.8) is 0 Å². The van der Waals surface area contributed by atoms with E-state index >= 15 is 0 Å². The molecule has 1 amide bonds. The minimum Gasteiger partial charge on any atom is -0.337 e. The van der Waals surface area contributed by atoms with Gasteiger partial charge in [-0.3, -0.25) is 19.8 Å². The number of aryl methyl sites for hydroxylation is 2. The number of nitro benzene ring substituents is 1. The Morgan fingerprint density at radius 3 is 2.93 bits per heavy atom. The monoisotopic (exact) mass is 394 g/mol. The van der Waals surface area contributed by atoms with Crippen molar-refractivity contribution in [3.05, 3.63) is 52.1 Å². The smallest absolute Gasteiger partial charge is 0.271 e. The quantitative estimate of drug-likeness (QED) is 0.590. The second kappa shape index (κ2) is 8.94. The van der Waals surface area contributed by atoms with Gasteiger partial charge in [0.1, 0.15) is 5.82 Å². The zero-order valence-corrected chi connectivity index (χ0v) is 16.0. The van der Waals surface area contributed by atoms with Crippen LogP contribution in [0.3, 0.4) is 0 Å². The van der Waals surface area contributed by atoms with Gasteiger partial charge >= 0.3 is 0 Å². The van der Waals surface area contributed by atoms with Gasteiger partial charge in [0.05, 0.1) is 23.2 Å². The van der Waals surface area contributed by atoms with Crippen LogP contribution in [0.1, 0.15) is 17.4 Å². The SMILES string of the molecule is Cc1ccc([N+](=O)[O-])cc1NC(=O)CN1CCNCC1c1nccn1C.Cl. The molecule has 1 fully saturated rings. The predicted molar refractivity (Wildman–Crippen MR) is 104 cm³/mol. The highest BCUT2D eigenvalue weighted by Crippen LogP contribution is 2.23. The van der Waals surface area contributed by atoms with Gasteiger partial charge in [0.25, 0.3) is 5.69 Å². The van der Waals surface area contributed by atoms with Gasteiger partial charge in [-0.1, -0.05) is 6.07 Å². The Balaban J connectivity index is 0.00000261. The highest BCUT2D eigenvalue weighted by atomic mass is 35.5. The summed E-state index contributed by atoms with van der Waals surface area (Å²) in [4.78, 5) is 29.5. The van der Waals surface area contributed by atoms with E-state index in [1.54, 1.807) is 19.2 Å². The summed E-state index contributed by atoms with van der Waals surface area (Å²) in [5.74, 6) is 0.700. The summed E-state index contributed by atoms with van der Waals surface area (Å²) in [6.07, 6.45) is 3.63. The normalized spacial score (nSPS) is 17.2. The van der Waals surface area contributed by atoms with Crippen LogP contribution >= 0.6 is 12.4 Å². The van der Waals surface area contributed by atoms with E-state index in [1.165, 1.54) is 12.1 Å². The van der Waals surface area contributed by atoms with E-state index in [4.69, 9.17) is 0 Å². The summed E-state index contributed by atoms with van der Waals surface area (Å²) in [7, 11) is 1.93. The zero-order chi connectivity index (χ0) is 18.7. The average Bonchev–Trinajstić information content (AvgIpc) is 3.03. The number of rotatable bonds is 5. The van der Waals surface area contributed by atoms with Crippen molar-refractivity contribution in [1.29, 1.82) is 0 Å². The van der Waals surface area contributed by atoms with Crippen LogP contribution in [0.5, 0.6) is 0 Å². The number of imidazole rings is 1.